The lowest BCUT2D eigenvalue weighted by atomic mass is 10.1. The molecule has 3 rings (SSSR count). The number of halogens is 1. The van der Waals surface area contributed by atoms with E-state index in [4.69, 9.17) is 0 Å². The average molecular weight is 355 g/mol. The topological polar surface area (TPSA) is 78.7 Å². The number of amides is 1. The third-order valence-electron chi connectivity index (χ3n) is 4.63. The van der Waals surface area contributed by atoms with Gasteiger partial charge >= 0.3 is 0 Å². The maximum Gasteiger partial charge on any atom is 0.292 e. The number of carbonyl (C=O) groups is 1. The smallest absolute Gasteiger partial charge is 0.292 e. The van der Waals surface area contributed by atoms with Gasteiger partial charge in [0.1, 0.15) is 5.69 Å². The Labute approximate surface area is 147 Å². The summed E-state index contributed by atoms with van der Waals surface area (Å²) in [4.78, 5) is 27.0. The fourth-order valence-corrected chi connectivity index (χ4v) is 3.35. The highest BCUT2D eigenvalue weighted by atomic mass is 35.5. The van der Waals surface area contributed by atoms with Gasteiger partial charge in [-0.3, -0.25) is 14.9 Å². The van der Waals surface area contributed by atoms with Gasteiger partial charge in [-0.2, -0.15) is 0 Å². The Morgan fingerprint density at radius 2 is 1.96 bits per heavy atom. The van der Waals surface area contributed by atoms with Gasteiger partial charge in [0.05, 0.1) is 4.92 Å². The predicted octanol–water partition coefficient (Wildman–Crippen LogP) is 1.81. The number of piperazine rings is 1. The summed E-state index contributed by atoms with van der Waals surface area (Å²) in [5.41, 5.74) is 0.768. The Kier molecular flexibility index (Phi) is 6.39. The van der Waals surface area contributed by atoms with E-state index in [1.807, 2.05) is 15.9 Å². The molecule has 1 aromatic rings. The van der Waals surface area contributed by atoms with Crippen molar-refractivity contribution in [2.24, 2.45) is 0 Å². The van der Waals surface area contributed by atoms with E-state index in [2.05, 4.69) is 5.32 Å². The van der Waals surface area contributed by atoms with Crippen LogP contribution in [-0.2, 0) is 4.79 Å². The molecule has 1 amide bonds. The zero-order valence-corrected chi connectivity index (χ0v) is 14.3. The Morgan fingerprint density at radius 3 is 2.58 bits per heavy atom. The summed E-state index contributed by atoms with van der Waals surface area (Å²) in [5, 5.41) is 14.5. The zero-order valence-electron chi connectivity index (χ0n) is 13.5. The molecule has 24 heavy (non-hydrogen) atoms. The van der Waals surface area contributed by atoms with Gasteiger partial charge in [0.25, 0.3) is 5.69 Å². The van der Waals surface area contributed by atoms with Crippen LogP contribution in [0.25, 0.3) is 0 Å². The molecule has 2 aliphatic heterocycles. The SMILES string of the molecule is Cl.O=C(CC1CCCN1)N1CCN(c2ccccc2[N+](=O)[O-])CC1. The summed E-state index contributed by atoms with van der Waals surface area (Å²) >= 11 is 0. The Morgan fingerprint density at radius 1 is 1.25 bits per heavy atom. The number of para-hydroxylation sites is 2. The molecule has 2 fully saturated rings. The van der Waals surface area contributed by atoms with E-state index in [1.165, 1.54) is 6.07 Å². The molecular formula is C16H23ClN4O3. The third-order valence-corrected chi connectivity index (χ3v) is 4.63. The molecule has 0 saturated carbocycles. The lowest BCUT2D eigenvalue weighted by molar-refractivity contribution is -0.384. The number of hydrogen-bond donors (Lipinski definition) is 1. The van der Waals surface area contributed by atoms with Crippen molar-refractivity contribution in [3.63, 3.8) is 0 Å². The van der Waals surface area contributed by atoms with Crippen molar-refractivity contribution in [3.05, 3.63) is 34.4 Å². The highest BCUT2D eigenvalue weighted by Crippen LogP contribution is 2.28. The van der Waals surface area contributed by atoms with E-state index < -0.39 is 0 Å². The number of carbonyl (C=O) groups excluding carboxylic acids is 1. The van der Waals surface area contributed by atoms with Crippen LogP contribution in [0.4, 0.5) is 11.4 Å². The first-order chi connectivity index (χ1) is 11.1. The second kappa shape index (κ2) is 8.30. The van der Waals surface area contributed by atoms with Crippen LogP contribution < -0.4 is 10.2 Å². The molecule has 0 aromatic heterocycles. The second-order valence-electron chi connectivity index (χ2n) is 6.11. The molecule has 8 heteroatoms. The van der Waals surface area contributed by atoms with Crippen LogP contribution in [0.15, 0.2) is 24.3 Å². The number of rotatable bonds is 4. The number of hydrogen-bond acceptors (Lipinski definition) is 5. The average Bonchev–Trinajstić information content (AvgIpc) is 3.08. The molecule has 1 N–H and O–H groups in total. The summed E-state index contributed by atoms with van der Waals surface area (Å²) in [6.07, 6.45) is 2.77. The van der Waals surface area contributed by atoms with Crippen molar-refractivity contribution in [1.29, 1.82) is 0 Å². The largest absolute Gasteiger partial charge is 0.362 e. The molecule has 2 saturated heterocycles. The Balaban J connectivity index is 0.00000208. The molecule has 0 spiro atoms. The molecule has 132 valence electrons. The van der Waals surface area contributed by atoms with E-state index in [0.717, 1.165) is 19.4 Å². The summed E-state index contributed by atoms with van der Waals surface area (Å²) in [5.74, 6) is 0.187. The highest BCUT2D eigenvalue weighted by Gasteiger charge is 2.27. The molecule has 1 aromatic carbocycles. The van der Waals surface area contributed by atoms with Crippen molar-refractivity contribution < 1.29 is 9.72 Å². The number of benzene rings is 1. The molecule has 2 aliphatic rings. The molecular weight excluding hydrogens is 332 g/mol. The molecule has 7 nitrogen and oxygen atoms in total. The lowest BCUT2D eigenvalue weighted by Crippen LogP contribution is -2.49. The maximum absolute atomic E-state index is 12.3. The Bertz CT molecular complexity index is 584. The molecule has 0 bridgehead atoms. The molecule has 0 aliphatic carbocycles. The quantitative estimate of drug-likeness (QED) is 0.659. The summed E-state index contributed by atoms with van der Waals surface area (Å²) < 4.78 is 0. The first kappa shape index (κ1) is 18.5. The van der Waals surface area contributed by atoms with Crippen LogP contribution >= 0.6 is 12.4 Å². The van der Waals surface area contributed by atoms with Crippen molar-refractivity contribution >= 4 is 29.7 Å². The van der Waals surface area contributed by atoms with Crippen molar-refractivity contribution in [2.45, 2.75) is 25.3 Å². The van der Waals surface area contributed by atoms with E-state index in [9.17, 15) is 14.9 Å². The van der Waals surface area contributed by atoms with Crippen LogP contribution in [0, 0.1) is 10.1 Å². The van der Waals surface area contributed by atoms with Crippen molar-refractivity contribution in [2.75, 3.05) is 37.6 Å². The van der Waals surface area contributed by atoms with Gasteiger partial charge in [-0.25, -0.2) is 0 Å². The fraction of sp³-hybridized carbons (Fsp3) is 0.562. The van der Waals surface area contributed by atoms with E-state index >= 15 is 0 Å². The monoisotopic (exact) mass is 354 g/mol. The van der Waals surface area contributed by atoms with Gasteiger partial charge < -0.3 is 15.1 Å². The van der Waals surface area contributed by atoms with Crippen LogP contribution in [0.5, 0.6) is 0 Å². The summed E-state index contributed by atoms with van der Waals surface area (Å²) in [6.45, 7) is 3.52. The maximum atomic E-state index is 12.3. The van der Waals surface area contributed by atoms with Crippen LogP contribution in [-0.4, -0.2) is 54.5 Å². The van der Waals surface area contributed by atoms with E-state index in [-0.39, 0.29) is 28.9 Å². The van der Waals surface area contributed by atoms with Crippen LogP contribution in [0.1, 0.15) is 19.3 Å². The van der Waals surface area contributed by atoms with Gasteiger partial charge in [-0.05, 0) is 25.5 Å². The highest BCUT2D eigenvalue weighted by molar-refractivity contribution is 5.85. The number of nitro groups is 1. The molecule has 1 atom stereocenters. The summed E-state index contributed by atoms with van der Waals surface area (Å²) in [6, 6.07) is 7.11. The van der Waals surface area contributed by atoms with Crippen LogP contribution in [0.3, 0.4) is 0 Å². The van der Waals surface area contributed by atoms with Gasteiger partial charge in [0, 0.05) is 44.7 Å². The molecule has 2 heterocycles. The second-order valence-corrected chi connectivity index (χ2v) is 6.11. The third kappa shape index (κ3) is 4.15. The lowest BCUT2D eigenvalue weighted by Gasteiger charge is -2.36. The molecule has 1 unspecified atom stereocenters. The first-order valence-corrected chi connectivity index (χ1v) is 8.14. The zero-order chi connectivity index (χ0) is 16.2. The fourth-order valence-electron chi connectivity index (χ4n) is 3.35. The van der Waals surface area contributed by atoms with Gasteiger partial charge in [0.2, 0.25) is 5.91 Å². The Hall–Kier alpha value is -1.86. The van der Waals surface area contributed by atoms with E-state index in [0.29, 0.717) is 44.3 Å². The number of nitro benzene ring substituents is 1. The van der Waals surface area contributed by atoms with Crippen molar-refractivity contribution in [3.8, 4) is 0 Å². The number of anilines is 1. The van der Waals surface area contributed by atoms with Gasteiger partial charge in [-0.1, -0.05) is 12.1 Å². The minimum absolute atomic E-state index is 0. The number of nitrogens with zero attached hydrogens (tertiary/aromatic N) is 3. The van der Waals surface area contributed by atoms with E-state index in [1.54, 1.807) is 12.1 Å². The standard InChI is InChI=1S/C16H22N4O3.ClH/c21-16(12-13-4-3-7-17-13)19-10-8-18(9-11-19)14-5-1-2-6-15(14)20(22)23;/h1-2,5-6,13,17H,3-4,7-12H2;1H. The molecule has 0 radical (unpaired) electrons. The summed E-state index contributed by atoms with van der Waals surface area (Å²) in [7, 11) is 0. The minimum atomic E-state index is -0.349. The van der Waals surface area contributed by atoms with Gasteiger partial charge in [-0.15, -0.1) is 12.4 Å². The first-order valence-electron chi connectivity index (χ1n) is 8.14. The minimum Gasteiger partial charge on any atom is -0.362 e. The number of nitrogens with one attached hydrogen (secondary N) is 1. The normalized spacial score (nSPS) is 20.6. The van der Waals surface area contributed by atoms with Gasteiger partial charge in [0.15, 0.2) is 0 Å². The van der Waals surface area contributed by atoms with Crippen molar-refractivity contribution in [1.82, 2.24) is 10.2 Å². The van der Waals surface area contributed by atoms with Crippen LogP contribution in [0.2, 0.25) is 0 Å². The predicted molar refractivity (Wildman–Crippen MR) is 94.8 cm³/mol.